The molecule has 0 N–H and O–H groups in total. The Kier molecular flexibility index (Phi) is 12.6. The van der Waals surface area contributed by atoms with Gasteiger partial charge in [-0.05, 0) is 126 Å². The van der Waals surface area contributed by atoms with Gasteiger partial charge in [-0.15, -0.1) is 0 Å². The van der Waals surface area contributed by atoms with Gasteiger partial charge in [0.15, 0.2) is 0 Å². The third-order valence-corrected chi connectivity index (χ3v) is 15.0. The van der Waals surface area contributed by atoms with Gasteiger partial charge in [0, 0.05) is 71.8 Å². The second-order valence-corrected chi connectivity index (χ2v) is 24.6. The molecule has 7 aromatic rings. The minimum absolute atomic E-state index is 0.0686. The maximum Gasteiger partial charge on any atom is 0.275 e. The van der Waals surface area contributed by atoms with E-state index in [0.717, 1.165) is 101 Å². The number of aromatic nitrogens is 5. The van der Waals surface area contributed by atoms with E-state index >= 15 is 4.79 Å². The quantitative estimate of drug-likeness (QED) is 0.0752. The van der Waals surface area contributed by atoms with Gasteiger partial charge in [-0.1, -0.05) is 55.0 Å². The molecule has 1 aliphatic heterocycles. The molecule has 1 aliphatic rings. The van der Waals surface area contributed by atoms with Crippen LogP contribution in [0.25, 0.3) is 32.9 Å². The topological polar surface area (TPSA) is 88.6 Å². The molecule has 0 spiro atoms. The Balaban J connectivity index is 1.25. The second-order valence-electron chi connectivity index (χ2n) is 18.2. The summed E-state index contributed by atoms with van der Waals surface area (Å²) in [5, 5.41) is 8.28. The summed E-state index contributed by atoms with van der Waals surface area (Å²) in [6.45, 7) is 21.9. The van der Waals surface area contributed by atoms with Crippen molar-refractivity contribution in [3.05, 3.63) is 122 Å². The van der Waals surface area contributed by atoms with Gasteiger partial charge in [0.2, 0.25) is 0 Å². The van der Waals surface area contributed by atoms with E-state index in [4.69, 9.17) is 42.5 Å². The molecule has 0 radical (unpaired) electrons. The van der Waals surface area contributed by atoms with Gasteiger partial charge in [-0.3, -0.25) is 9.78 Å². The van der Waals surface area contributed by atoms with Crippen molar-refractivity contribution in [3.8, 4) is 22.6 Å². The van der Waals surface area contributed by atoms with Crippen LogP contribution in [-0.2, 0) is 24.4 Å². The smallest absolute Gasteiger partial charge is 0.275 e. The normalized spacial score (nSPS) is 14.3. The van der Waals surface area contributed by atoms with Crippen molar-refractivity contribution in [3.63, 3.8) is 0 Å². The predicted molar refractivity (Wildman–Crippen MR) is 259 cm³/mol. The number of carbonyl (C=O) groups excluding carboxylic acids is 1. The summed E-state index contributed by atoms with van der Waals surface area (Å²) in [4.78, 5) is 22.2. The molecule has 330 valence electrons. The molecular formula is C50H58Cl2N6O4Si. The van der Waals surface area contributed by atoms with E-state index in [0.29, 0.717) is 56.6 Å². The zero-order chi connectivity index (χ0) is 44.9. The lowest BCUT2D eigenvalue weighted by Crippen LogP contribution is -2.43. The Hall–Kier alpha value is -5.07. The van der Waals surface area contributed by atoms with Crippen LogP contribution in [0.2, 0.25) is 35.7 Å². The van der Waals surface area contributed by atoms with Gasteiger partial charge in [0.05, 0.1) is 53.4 Å². The fourth-order valence-electron chi connectivity index (χ4n) is 9.23. The molecule has 0 saturated heterocycles. The van der Waals surface area contributed by atoms with Crippen molar-refractivity contribution >= 4 is 64.7 Å². The first kappa shape index (κ1) is 44.5. The van der Waals surface area contributed by atoms with E-state index in [-0.39, 0.29) is 11.9 Å². The number of aryl methyl sites for hydroxylation is 5. The molecule has 1 amide bonds. The third kappa shape index (κ3) is 8.53. The molecule has 0 aliphatic carbocycles. The summed E-state index contributed by atoms with van der Waals surface area (Å²) < 4.78 is 24.9. The first-order valence-electron chi connectivity index (χ1n) is 21.8. The summed E-state index contributed by atoms with van der Waals surface area (Å²) in [5.74, 6) is 1.46. The number of benzene rings is 3. The van der Waals surface area contributed by atoms with E-state index in [1.54, 1.807) is 7.11 Å². The number of methoxy groups -OCH3 is 1. The first-order chi connectivity index (χ1) is 30.1. The highest BCUT2D eigenvalue weighted by atomic mass is 35.5. The highest BCUT2D eigenvalue weighted by Crippen LogP contribution is 2.46. The average Bonchev–Trinajstić information content (AvgIpc) is 3.85. The summed E-state index contributed by atoms with van der Waals surface area (Å²) >= 11 is 13.8. The number of rotatable bonds is 15. The molecule has 13 heteroatoms. The number of carbonyl (C=O) groups is 1. The lowest BCUT2D eigenvalue weighted by Gasteiger charge is -2.35. The van der Waals surface area contributed by atoms with Crippen molar-refractivity contribution in [1.29, 1.82) is 0 Å². The van der Waals surface area contributed by atoms with Gasteiger partial charge >= 0.3 is 0 Å². The van der Waals surface area contributed by atoms with Crippen LogP contribution in [-0.4, -0.2) is 64.7 Å². The number of nitrogens with zero attached hydrogens (tertiary/aromatic N) is 6. The molecule has 10 nitrogen and oxygen atoms in total. The van der Waals surface area contributed by atoms with Crippen LogP contribution in [0.15, 0.2) is 66.9 Å². The zero-order valence-corrected chi connectivity index (χ0v) is 40.7. The molecule has 63 heavy (non-hydrogen) atoms. The predicted octanol–water partition coefficient (Wildman–Crippen LogP) is 12.3. The summed E-state index contributed by atoms with van der Waals surface area (Å²) in [5.41, 5.74) is 11.9. The van der Waals surface area contributed by atoms with E-state index in [2.05, 4.69) is 66.7 Å². The molecule has 4 aromatic heterocycles. The Labute approximate surface area is 381 Å². The fourth-order valence-corrected chi connectivity index (χ4v) is 10.3. The van der Waals surface area contributed by atoms with Crippen LogP contribution >= 0.6 is 23.2 Å². The molecule has 0 fully saturated rings. The highest BCUT2D eigenvalue weighted by molar-refractivity contribution is 6.76. The minimum atomic E-state index is -1.26. The van der Waals surface area contributed by atoms with E-state index < -0.39 is 8.07 Å². The number of amides is 1. The van der Waals surface area contributed by atoms with Crippen molar-refractivity contribution < 1.29 is 19.0 Å². The number of anilines is 1. The van der Waals surface area contributed by atoms with Crippen LogP contribution in [0.3, 0.4) is 0 Å². The standard InChI is InChI=1S/C50H58Cl2N6O4Si/c1-30-24-37(25-31(2)46(30)52)62-21-13-15-38-39-16-17-41(51)45(44-34(5)54-57(35(44)6)29-61-22-23-63(8,9)10)48(39)58-33(4)27-56(50(59)49(38)58)42-18-19-43(60-7)40-26-32(3)55(47(40)42)28-36-14-11-12-20-53-36/h11-12,14,16-20,24-26,33H,13,15,21-23,27-29H2,1-10H3/t33-/m1/s1. The maximum atomic E-state index is 15.6. The SMILES string of the molecule is COc1ccc(N2C[C@@H](C)n3c(c(CCCOc4cc(C)c(Cl)c(C)c4)c4ccc(Cl)c(-c5c(C)nn(COCC[Si](C)(C)C)c5C)c43)C2=O)c2c1cc(C)n2Cc1ccccn1. The van der Waals surface area contributed by atoms with Crippen molar-refractivity contribution in [1.82, 2.24) is 23.9 Å². The van der Waals surface area contributed by atoms with Crippen LogP contribution < -0.4 is 14.4 Å². The number of halogens is 2. The molecular weight excluding hydrogens is 848 g/mol. The first-order valence-corrected chi connectivity index (χ1v) is 26.3. The fraction of sp³-hybridized carbons (Fsp3) is 0.380. The molecule has 3 aromatic carbocycles. The number of pyridine rings is 1. The van der Waals surface area contributed by atoms with E-state index in [9.17, 15) is 0 Å². The molecule has 5 heterocycles. The van der Waals surface area contributed by atoms with Crippen LogP contribution in [0, 0.1) is 34.6 Å². The Morgan fingerprint density at radius 3 is 2.35 bits per heavy atom. The number of fused-ring (bicyclic) bond motifs is 4. The van der Waals surface area contributed by atoms with Crippen LogP contribution in [0.4, 0.5) is 5.69 Å². The van der Waals surface area contributed by atoms with Crippen molar-refractivity contribution in [2.24, 2.45) is 0 Å². The molecule has 1 atom stereocenters. The summed E-state index contributed by atoms with van der Waals surface area (Å²) in [6.07, 6.45) is 3.09. The van der Waals surface area contributed by atoms with E-state index in [1.165, 1.54) is 0 Å². The number of ether oxygens (including phenoxy) is 3. The summed E-state index contributed by atoms with van der Waals surface area (Å²) in [6, 6.07) is 21.1. The Morgan fingerprint density at radius 2 is 1.65 bits per heavy atom. The molecule has 8 rings (SSSR count). The molecule has 0 bridgehead atoms. The lowest BCUT2D eigenvalue weighted by molar-refractivity contribution is 0.0770. The minimum Gasteiger partial charge on any atom is -0.496 e. The number of hydrogen-bond donors (Lipinski definition) is 0. The Bertz CT molecular complexity index is 2830. The van der Waals surface area contributed by atoms with Gasteiger partial charge in [0.1, 0.15) is 23.9 Å². The number of hydrogen-bond acceptors (Lipinski definition) is 6. The summed E-state index contributed by atoms with van der Waals surface area (Å²) in [7, 11) is 0.433. The largest absolute Gasteiger partial charge is 0.496 e. The van der Waals surface area contributed by atoms with Crippen LogP contribution in [0.1, 0.15) is 69.3 Å². The second kappa shape index (κ2) is 17.8. The maximum absolute atomic E-state index is 15.6. The van der Waals surface area contributed by atoms with Crippen LogP contribution in [0.5, 0.6) is 11.5 Å². The van der Waals surface area contributed by atoms with Crippen molar-refractivity contribution in [2.45, 2.75) is 99.4 Å². The van der Waals surface area contributed by atoms with Gasteiger partial charge < -0.3 is 28.2 Å². The molecule has 0 unspecified atom stereocenters. The highest BCUT2D eigenvalue weighted by Gasteiger charge is 2.38. The molecule has 0 saturated carbocycles. The monoisotopic (exact) mass is 904 g/mol. The third-order valence-electron chi connectivity index (χ3n) is 12.4. The van der Waals surface area contributed by atoms with E-state index in [1.807, 2.05) is 85.1 Å². The zero-order valence-electron chi connectivity index (χ0n) is 38.2. The van der Waals surface area contributed by atoms with Gasteiger partial charge in [-0.2, -0.15) is 5.10 Å². The van der Waals surface area contributed by atoms with Gasteiger partial charge in [-0.25, -0.2) is 4.68 Å². The Morgan fingerprint density at radius 1 is 0.889 bits per heavy atom. The van der Waals surface area contributed by atoms with Crippen molar-refractivity contribution in [2.75, 3.05) is 31.8 Å². The van der Waals surface area contributed by atoms with Gasteiger partial charge in [0.25, 0.3) is 5.91 Å². The average molecular weight is 906 g/mol. The lowest BCUT2D eigenvalue weighted by atomic mass is 9.98.